The minimum atomic E-state index is 0.688. The first-order chi connectivity index (χ1) is 28.7. The van der Waals surface area contributed by atoms with Gasteiger partial charge in [-0.1, -0.05) is 133 Å². The van der Waals surface area contributed by atoms with Crippen LogP contribution in [0.2, 0.25) is 0 Å². The number of imidazole rings is 2. The van der Waals surface area contributed by atoms with Crippen molar-refractivity contribution in [3.8, 4) is 67.3 Å². The Morgan fingerprint density at radius 2 is 0.672 bits per heavy atom. The van der Waals surface area contributed by atoms with E-state index in [-0.39, 0.29) is 0 Å². The summed E-state index contributed by atoms with van der Waals surface area (Å²) in [4.78, 5) is 18.9. The summed E-state index contributed by atoms with van der Waals surface area (Å²) in [6, 6.07) is 60.7. The van der Waals surface area contributed by atoms with Gasteiger partial charge in [-0.2, -0.15) is 0 Å². The quantitative estimate of drug-likeness (QED) is 0.159. The molecule has 0 radical (unpaired) electrons. The van der Waals surface area contributed by atoms with E-state index in [1.165, 1.54) is 54.6 Å². The first kappa shape index (κ1) is 32.3. The molecule has 0 spiro atoms. The molecule has 0 saturated heterocycles. The van der Waals surface area contributed by atoms with Gasteiger partial charge >= 0.3 is 0 Å². The Morgan fingerprint density at radius 3 is 1.05 bits per heavy atom. The maximum Gasteiger partial charge on any atom is 0.234 e. The summed E-state index contributed by atoms with van der Waals surface area (Å²) in [6.07, 6.45) is 7.65. The largest absolute Gasteiger partial charge is 0.283 e. The second-order valence-electron chi connectivity index (χ2n) is 14.8. The zero-order chi connectivity index (χ0) is 38.2. The standard InChI is InChI=1S/C52H32N6/c1-3-9-35(10-4-1)47-49(57-27-7-25-53-51(57)55-47)37-17-13-33(14-18-37)43-29-39-21-23-41-31-44(32-42-24-22-40(30-43)45(39)46(41)42)34-15-19-38(20-16-34)50-48(36-11-5-2-6-12-36)56-52-54-26-8-28-58(50)52/h1-32H. The molecule has 0 atom stereocenters. The molecular formula is C52H32N6. The third-order valence-corrected chi connectivity index (χ3v) is 11.4. The second-order valence-corrected chi connectivity index (χ2v) is 14.8. The van der Waals surface area contributed by atoms with Gasteiger partial charge in [0.15, 0.2) is 0 Å². The van der Waals surface area contributed by atoms with Crippen LogP contribution in [0.1, 0.15) is 0 Å². The first-order valence-electron chi connectivity index (χ1n) is 19.4. The van der Waals surface area contributed by atoms with Crippen molar-refractivity contribution in [1.29, 1.82) is 0 Å². The molecule has 8 aromatic carbocycles. The Labute approximate surface area is 333 Å². The van der Waals surface area contributed by atoms with Crippen LogP contribution in [-0.4, -0.2) is 28.7 Å². The number of benzene rings is 8. The molecule has 0 N–H and O–H groups in total. The van der Waals surface area contributed by atoms with E-state index < -0.39 is 0 Å². The van der Waals surface area contributed by atoms with Gasteiger partial charge in [0, 0.05) is 47.0 Å². The van der Waals surface area contributed by atoms with E-state index >= 15 is 0 Å². The Bertz CT molecular complexity index is 3180. The molecule has 0 amide bonds. The molecule has 270 valence electrons. The first-order valence-corrected chi connectivity index (χ1v) is 19.4. The van der Waals surface area contributed by atoms with Crippen molar-refractivity contribution < 1.29 is 0 Å². The minimum absolute atomic E-state index is 0.688. The third kappa shape index (κ3) is 5.12. The van der Waals surface area contributed by atoms with Gasteiger partial charge in [0.2, 0.25) is 11.6 Å². The van der Waals surface area contributed by atoms with E-state index in [9.17, 15) is 0 Å². The molecule has 12 rings (SSSR count). The van der Waals surface area contributed by atoms with Crippen LogP contribution in [0.3, 0.4) is 0 Å². The van der Waals surface area contributed by atoms with Gasteiger partial charge in [-0.05, 0) is 91.0 Å². The summed E-state index contributed by atoms with van der Waals surface area (Å²) in [5.41, 5.74) is 13.0. The van der Waals surface area contributed by atoms with E-state index in [0.717, 1.165) is 45.0 Å². The normalized spacial score (nSPS) is 11.8. The van der Waals surface area contributed by atoms with E-state index in [2.05, 4.69) is 164 Å². The third-order valence-electron chi connectivity index (χ3n) is 11.4. The Hall–Kier alpha value is -7.96. The van der Waals surface area contributed by atoms with Gasteiger partial charge in [-0.25, -0.2) is 19.9 Å². The lowest BCUT2D eigenvalue weighted by atomic mass is 9.89. The van der Waals surface area contributed by atoms with Crippen molar-refractivity contribution in [3.05, 3.63) is 195 Å². The molecule has 4 aromatic heterocycles. The number of aromatic nitrogens is 6. The van der Waals surface area contributed by atoms with Gasteiger partial charge < -0.3 is 0 Å². The van der Waals surface area contributed by atoms with Crippen LogP contribution in [0.4, 0.5) is 0 Å². The van der Waals surface area contributed by atoms with Crippen molar-refractivity contribution in [2.45, 2.75) is 0 Å². The maximum atomic E-state index is 4.92. The molecule has 0 aliphatic heterocycles. The van der Waals surface area contributed by atoms with Crippen LogP contribution < -0.4 is 0 Å². The average Bonchev–Trinajstić information content (AvgIpc) is 3.88. The van der Waals surface area contributed by atoms with Crippen molar-refractivity contribution in [2.24, 2.45) is 0 Å². The van der Waals surface area contributed by atoms with Crippen LogP contribution in [-0.2, 0) is 0 Å². The van der Waals surface area contributed by atoms with E-state index in [1.807, 2.05) is 36.7 Å². The molecule has 4 heterocycles. The van der Waals surface area contributed by atoms with Crippen LogP contribution in [0, 0.1) is 0 Å². The number of nitrogens with zero attached hydrogens (tertiary/aromatic N) is 6. The molecule has 0 fully saturated rings. The van der Waals surface area contributed by atoms with E-state index in [4.69, 9.17) is 9.97 Å². The highest BCUT2D eigenvalue weighted by molar-refractivity contribution is 6.24. The van der Waals surface area contributed by atoms with Crippen LogP contribution in [0.25, 0.3) is 111 Å². The molecule has 0 bridgehead atoms. The molecule has 58 heavy (non-hydrogen) atoms. The Morgan fingerprint density at radius 1 is 0.310 bits per heavy atom. The number of fused-ring (bicyclic) bond motifs is 2. The molecular weight excluding hydrogens is 709 g/mol. The van der Waals surface area contributed by atoms with E-state index in [1.54, 1.807) is 12.4 Å². The lowest BCUT2D eigenvalue weighted by molar-refractivity contribution is 1.11. The summed E-state index contributed by atoms with van der Waals surface area (Å²) in [5.74, 6) is 1.38. The maximum absolute atomic E-state index is 4.92. The van der Waals surface area contributed by atoms with Crippen molar-refractivity contribution in [1.82, 2.24) is 28.7 Å². The van der Waals surface area contributed by atoms with Gasteiger partial charge in [0.25, 0.3) is 0 Å². The van der Waals surface area contributed by atoms with Crippen LogP contribution >= 0.6 is 0 Å². The molecule has 0 unspecified atom stereocenters. The molecule has 6 nitrogen and oxygen atoms in total. The molecule has 0 aliphatic rings. The van der Waals surface area contributed by atoms with Gasteiger partial charge in [-0.15, -0.1) is 0 Å². The smallest absolute Gasteiger partial charge is 0.234 e. The number of hydrogen-bond acceptors (Lipinski definition) is 4. The monoisotopic (exact) mass is 740 g/mol. The summed E-state index contributed by atoms with van der Waals surface area (Å²) in [6.45, 7) is 0. The van der Waals surface area contributed by atoms with Crippen molar-refractivity contribution in [2.75, 3.05) is 0 Å². The fourth-order valence-electron chi connectivity index (χ4n) is 8.73. The Balaban J connectivity index is 0.896. The molecule has 0 aliphatic carbocycles. The number of hydrogen-bond donors (Lipinski definition) is 0. The highest BCUT2D eigenvalue weighted by Gasteiger charge is 2.19. The minimum Gasteiger partial charge on any atom is -0.283 e. The lowest BCUT2D eigenvalue weighted by Gasteiger charge is -2.15. The lowest BCUT2D eigenvalue weighted by Crippen LogP contribution is -1.91. The van der Waals surface area contributed by atoms with Crippen molar-refractivity contribution >= 4 is 43.9 Å². The fourth-order valence-corrected chi connectivity index (χ4v) is 8.73. The highest BCUT2D eigenvalue weighted by atomic mass is 15.1. The molecule has 0 saturated carbocycles. The van der Waals surface area contributed by atoms with Crippen molar-refractivity contribution in [3.63, 3.8) is 0 Å². The van der Waals surface area contributed by atoms with Crippen LogP contribution in [0.15, 0.2) is 195 Å². The van der Waals surface area contributed by atoms with E-state index in [0.29, 0.717) is 11.6 Å². The summed E-state index contributed by atoms with van der Waals surface area (Å²) in [5, 5.41) is 7.56. The fraction of sp³-hybridized carbons (Fsp3) is 0. The Kier molecular flexibility index (Phi) is 7.13. The highest BCUT2D eigenvalue weighted by Crippen LogP contribution is 2.41. The zero-order valence-corrected chi connectivity index (χ0v) is 31.2. The predicted octanol–water partition coefficient (Wildman–Crippen LogP) is 12.7. The summed E-state index contributed by atoms with van der Waals surface area (Å²) < 4.78 is 4.16. The van der Waals surface area contributed by atoms with Gasteiger partial charge in [0.1, 0.15) is 0 Å². The topological polar surface area (TPSA) is 60.4 Å². The summed E-state index contributed by atoms with van der Waals surface area (Å²) in [7, 11) is 0. The second kappa shape index (κ2) is 12.8. The molecule has 6 heteroatoms. The van der Waals surface area contributed by atoms with Gasteiger partial charge in [0.05, 0.1) is 22.8 Å². The SMILES string of the molecule is c1ccc(-c2nc3ncccn3c2-c2ccc(-c3cc4ccc5cc(-c6ccc(-c7c(-c8ccccc8)nc8ncccn78)cc6)cc6ccc(c3)c4c56)cc2)cc1. The predicted molar refractivity (Wildman–Crippen MR) is 236 cm³/mol. The summed E-state index contributed by atoms with van der Waals surface area (Å²) >= 11 is 0. The van der Waals surface area contributed by atoms with Gasteiger partial charge in [-0.3, -0.25) is 8.80 Å². The number of rotatable bonds is 6. The molecule has 12 aromatic rings. The average molecular weight is 741 g/mol. The zero-order valence-electron chi connectivity index (χ0n) is 31.2. The van der Waals surface area contributed by atoms with Crippen LogP contribution in [0.5, 0.6) is 0 Å².